The van der Waals surface area contributed by atoms with Crippen molar-refractivity contribution in [3.8, 4) is 0 Å². The molecule has 0 heterocycles. The highest BCUT2D eigenvalue weighted by molar-refractivity contribution is 8.18. The topological polar surface area (TPSA) is 121 Å². The Labute approximate surface area is 128 Å². The third-order valence-electron chi connectivity index (χ3n) is 2.90. The van der Waals surface area contributed by atoms with Crippen LogP contribution in [0.3, 0.4) is 0 Å². The highest BCUT2D eigenvalue weighted by Gasteiger charge is 2.38. The van der Waals surface area contributed by atoms with E-state index in [4.69, 9.17) is 5.11 Å². The van der Waals surface area contributed by atoms with Crippen molar-refractivity contribution in [2.75, 3.05) is 24.7 Å². The van der Waals surface area contributed by atoms with E-state index in [-0.39, 0.29) is 13.0 Å². The highest BCUT2D eigenvalue weighted by Crippen LogP contribution is 2.41. The van der Waals surface area contributed by atoms with E-state index in [9.17, 15) is 25.5 Å². The molecule has 8 heteroatoms. The average Bonchev–Trinajstić information content (AvgIpc) is 2.45. The Bertz CT molecular complexity index is 250. The molecule has 20 heavy (non-hydrogen) atoms. The maximum atomic E-state index is 10.0. The predicted molar refractivity (Wildman–Crippen MR) is 81.8 cm³/mol. The van der Waals surface area contributed by atoms with Gasteiger partial charge < -0.3 is 30.6 Å². The van der Waals surface area contributed by atoms with E-state index in [0.717, 1.165) is 11.5 Å². The van der Waals surface area contributed by atoms with E-state index >= 15 is 0 Å². The molecule has 0 aromatic rings. The zero-order valence-electron chi connectivity index (χ0n) is 11.8. The van der Waals surface area contributed by atoms with Crippen molar-refractivity contribution in [1.29, 1.82) is 0 Å². The van der Waals surface area contributed by atoms with E-state index in [1.807, 2.05) is 13.8 Å². The van der Waals surface area contributed by atoms with Crippen LogP contribution in [0, 0.1) is 0 Å². The predicted octanol–water partition coefficient (Wildman–Crippen LogP) is -0.993. The second-order valence-electron chi connectivity index (χ2n) is 4.44. The Balaban J connectivity index is 4.77. The average molecular weight is 330 g/mol. The molecule has 6 nitrogen and oxygen atoms in total. The summed E-state index contributed by atoms with van der Waals surface area (Å²) in [6.07, 6.45) is -5.98. The van der Waals surface area contributed by atoms with E-state index in [1.54, 1.807) is 0 Å². The summed E-state index contributed by atoms with van der Waals surface area (Å²) in [6.45, 7) is 2.98. The van der Waals surface area contributed by atoms with E-state index < -0.39 is 35.1 Å². The van der Waals surface area contributed by atoms with Gasteiger partial charge in [0.1, 0.15) is 18.3 Å². The Kier molecular flexibility index (Phi) is 10.5. The first-order valence-electron chi connectivity index (χ1n) is 6.59. The van der Waals surface area contributed by atoms with Crippen LogP contribution in [0.5, 0.6) is 0 Å². The lowest BCUT2D eigenvalue weighted by Gasteiger charge is -2.35. The molecule has 0 aliphatic carbocycles. The molecule has 0 unspecified atom stereocenters. The first kappa shape index (κ1) is 20.5. The van der Waals surface area contributed by atoms with Crippen LogP contribution in [0.4, 0.5) is 0 Å². The van der Waals surface area contributed by atoms with Crippen molar-refractivity contribution in [3.05, 3.63) is 0 Å². The minimum absolute atomic E-state index is 0.0664. The van der Waals surface area contributed by atoms with Crippen LogP contribution in [0.1, 0.15) is 20.3 Å². The molecule has 0 rings (SSSR count). The Morgan fingerprint density at radius 1 is 0.850 bits per heavy atom. The fraction of sp³-hybridized carbons (Fsp3) is 1.00. The molecule has 0 fully saturated rings. The van der Waals surface area contributed by atoms with Gasteiger partial charge in [-0.3, -0.25) is 0 Å². The molecule has 0 spiro atoms. The van der Waals surface area contributed by atoms with E-state index in [2.05, 4.69) is 0 Å². The lowest BCUT2D eigenvalue weighted by Crippen LogP contribution is -2.48. The molecule has 0 aromatic carbocycles. The molecular weight excluding hydrogens is 304 g/mol. The first-order valence-corrected chi connectivity index (χ1v) is 8.56. The van der Waals surface area contributed by atoms with Gasteiger partial charge in [0.05, 0.1) is 23.4 Å². The molecule has 0 amide bonds. The standard InChI is InChI=1S/C12H26O6S2/c1-3-19-12(7-14,20-4-2)5-8(15)10(17)11(18)9(16)6-13/h8-11,13-18H,3-7H2,1-2H3/t8-,9+,10+,11+/m0/s1. The van der Waals surface area contributed by atoms with Crippen molar-refractivity contribution in [2.45, 2.75) is 48.8 Å². The van der Waals surface area contributed by atoms with Gasteiger partial charge in [0.2, 0.25) is 0 Å². The summed E-state index contributed by atoms with van der Waals surface area (Å²) in [4.78, 5) is 0. The fourth-order valence-corrected chi connectivity index (χ4v) is 4.70. The summed E-state index contributed by atoms with van der Waals surface area (Å²) in [5.41, 5.74) is 0. The molecule has 0 aliphatic heterocycles. The largest absolute Gasteiger partial charge is 0.394 e. The van der Waals surface area contributed by atoms with Gasteiger partial charge in [0.15, 0.2) is 0 Å². The monoisotopic (exact) mass is 330 g/mol. The van der Waals surface area contributed by atoms with Gasteiger partial charge in [-0.15, -0.1) is 23.5 Å². The fourth-order valence-electron chi connectivity index (χ4n) is 1.84. The van der Waals surface area contributed by atoms with E-state index in [0.29, 0.717) is 0 Å². The van der Waals surface area contributed by atoms with Crippen molar-refractivity contribution in [3.63, 3.8) is 0 Å². The molecule has 6 N–H and O–H groups in total. The number of hydrogen-bond acceptors (Lipinski definition) is 8. The Hall–Kier alpha value is 0.460. The number of rotatable bonds is 11. The molecule has 4 atom stereocenters. The van der Waals surface area contributed by atoms with Gasteiger partial charge in [0.25, 0.3) is 0 Å². The molecule has 0 saturated heterocycles. The molecular formula is C12H26O6S2. The van der Waals surface area contributed by atoms with Gasteiger partial charge in [-0.2, -0.15) is 0 Å². The molecule has 0 radical (unpaired) electrons. The quantitative estimate of drug-likeness (QED) is 0.267. The van der Waals surface area contributed by atoms with Crippen LogP contribution in [-0.4, -0.2) is 83.9 Å². The number of aliphatic hydroxyl groups is 6. The number of aliphatic hydroxyl groups excluding tert-OH is 6. The molecule has 0 saturated carbocycles. The zero-order valence-corrected chi connectivity index (χ0v) is 13.5. The summed E-state index contributed by atoms with van der Waals surface area (Å²) in [5, 5.41) is 57.0. The van der Waals surface area contributed by atoms with Gasteiger partial charge in [-0.05, 0) is 11.5 Å². The molecule has 0 aliphatic rings. The lowest BCUT2D eigenvalue weighted by atomic mass is 10.00. The summed E-state index contributed by atoms with van der Waals surface area (Å²) in [7, 11) is 0. The number of thioether (sulfide) groups is 2. The van der Waals surface area contributed by atoms with Crippen molar-refractivity contribution < 1.29 is 30.6 Å². The zero-order chi connectivity index (χ0) is 15.8. The summed E-state index contributed by atoms with van der Waals surface area (Å²) < 4.78 is -0.659. The maximum Gasteiger partial charge on any atom is 0.110 e. The maximum absolute atomic E-state index is 10.0. The van der Waals surface area contributed by atoms with Crippen LogP contribution >= 0.6 is 23.5 Å². The van der Waals surface area contributed by atoms with Crippen LogP contribution in [-0.2, 0) is 0 Å². The lowest BCUT2D eigenvalue weighted by molar-refractivity contribution is -0.117. The SMILES string of the molecule is CCSC(CO)(C[C@H](O)[C@@H](O)[C@H](O)[C@H](O)CO)SCC. The van der Waals surface area contributed by atoms with Gasteiger partial charge in [0, 0.05) is 6.42 Å². The van der Waals surface area contributed by atoms with Crippen LogP contribution in [0.25, 0.3) is 0 Å². The number of hydrogen-bond donors (Lipinski definition) is 6. The first-order chi connectivity index (χ1) is 9.37. The van der Waals surface area contributed by atoms with Gasteiger partial charge in [-0.1, -0.05) is 13.8 Å². The van der Waals surface area contributed by atoms with Crippen molar-refractivity contribution in [1.82, 2.24) is 0 Å². The summed E-state index contributed by atoms with van der Waals surface area (Å²) >= 11 is 2.94. The second kappa shape index (κ2) is 10.2. The van der Waals surface area contributed by atoms with Crippen LogP contribution in [0.15, 0.2) is 0 Å². The highest BCUT2D eigenvalue weighted by atomic mass is 32.2. The molecule has 0 aromatic heterocycles. The van der Waals surface area contributed by atoms with Crippen molar-refractivity contribution in [2.24, 2.45) is 0 Å². The third kappa shape index (κ3) is 6.07. The minimum atomic E-state index is -1.63. The van der Waals surface area contributed by atoms with Crippen molar-refractivity contribution >= 4 is 23.5 Å². The van der Waals surface area contributed by atoms with Gasteiger partial charge in [-0.25, -0.2) is 0 Å². The smallest absolute Gasteiger partial charge is 0.110 e. The summed E-state index contributed by atoms with van der Waals surface area (Å²) in [5.74, 6) is 1.47. The van der Waals surface area contributed by atoms with Crippen LogP contribution < -0.4 is 0 Å². The van der Waals surface area contributed by atoms with E-state index in [1.165, 1.54) is 23.5 Å². The van der Waals surface area contributed by atoms with Gasteiger partial charge >= 0.3 is 0 Å². The van der Waals surface area contributed by atoms with Crippen LogP contribution in [0.2, 0.25) is 0 Å². The molecule has 0 bridgehead atoms. The normalized spacial score (nSPS) is 18.6. The Morgan fingerprint density at radius 3 is 1.65 bits per heavy atom. The molecule has 122 valence electrons. The summed E-state index contributed by atoms with van der Waals surface area (Å²) in [6, 6.07) is 0. The second-order valence-corrected chi connectivity index (χ2v) is 7.99. The third-order valence-corrected chi connectivity index (χ3v) is 5.83. The minimum Gasteiger partial charge on any atom is -0.394 e. The Morgan fingerprint density at radius 2 is 1.30 bits per heavy atom.